The molecule has 1 aliphatic heterocycles. The Labute approximate surface area is 128 Å². The van der Waals surface area contributed by atoms with Crippen molar-refractivity contribution in [2.24, 2.45) is 0 Å². The maximum absolute atomic E-state index is 12.3. The monoisotopic (exact) mass is 299 g/mol. The zero-order chi connectivity index (χ0) is 15.4. The van der Waals surface area contributed by atoms with E-state index in [1.165, 1.54) is 0 Å². The normalized spacial score (nSPS) is 16.1. The number of anilines is 1. The van der Waals surface area contributed by atoms with Crippen LogP contribution in [0.15, 0.2) is 48.5 Å². The Morgan fingerprint density at radius 1 is 1.23 bits per heavy atom. The minimum atomic E-state index is -0.666. The van der Waals surface area contributed by atoms with Crippen molar-refractivity contribution in [3.05, 3.63) is 54.1 Å². The van der Waals surface area contributed by atoms with Gasteiger partial charge < -0.3 is 19.5 Å². The minimum Gasteiger partial charge on any atom is -0.485 e. The number of amides is 1. The van der Waals surface area contributed by atoms with E-state index in [0.717, 1.165) is 5.56 Å². The molecule has 1 amide bonds. The maximum Gasteiger partial charge on any atom is 0.269 e. The fraction of sp³-hybridized carbons (Fsp3) is 0.235. The van der Waals surface area contributed by atoms with E-state index in [2.05, 4.69) is 5.32 Å². The molecule has 0 radical (unpaired) electrons. The fourth-order valence-corrected chi connectivity index (χ4v) is 2.28. The second-order valence-electron chi connectivity index (χ2n) is 4.99. The molecule has 0 aromatic heterocycles. The van der Waals surface area contributed by atoms with Crippen LogP contribution in [0.25, 0.3) is 0 Å². The SMILES string of the molecule is COCc1cccc(NC(=O)[C@H]2COc3ccccc3O2)c1. The van der Waals surface area contributed by atoms with Crippen molar-refractivity contribution in [3.63, 3.8) is 0 Å². The first-order valence-corrected chi connectivity index (χ1v) is 7.03. The van der Waals surface area contributed by atoms with Crippen LogP contribution >= 0.6 is 0 Å². The summed E-state index contributed by atoms with van der Waals surface area (Å²) in [5.41, 5.74) is 1.70. The first-order valence-electron chi connectivity index (χ1n) is 7.03. The van der Waals surface area contributed by atoms with Gasteiger partial charge in [0.2, 0.25) is 6.10 Å². The average molecular weight is 299 g/mol. The number of ether oxygens (including phenoxy) is 3. The lowest BCUT2D eigenvalue weighted by atomic mass is 10.2. The number of carbonyl (C=O) groups is 1. The highest BCUT2D eigenvalue weighted by molar-refractivity contribution is 5.94. The van der Waals surface area contributed by atoms with Gasteiger partial charge in [-0.15, -0.1) is 0 Å². The summed E-state index contributed by atoms with van der Waals surface area (Å²) >= 11 is 0. The predicted octanol–water partition coefficient (Wildman–Crippen LogP) is 2.61. The van der Waals surface area contributed by atoms with Crippen LogP contribution in [0.2, 0.25) is 0 Å². The third-order valence-electron chi connectivity index (χ3n) is 3.31. The molecule has 0 aliphatic carbocycles. The second kappa shape index (κ2) is 6.49. The summed E-state index contributed by atoms with van der Waals surface area (Å²) in [5, 5.41) is 2.84. The van der Waals surface area contributed by atoms with Crippen molar-refractivity contribution >= 4 is 11.6 Å². The smallest absolute Gasteiger partial charge is 0.269 e. The van der Waals surface area contributed by atoms with E-state index in [9.17, 15) is 4.79 Å². The van der Waals surface area contributed by atoms with E-state index in [4.69, 9.17) is 14.2 Å². The van der Waals surface area contributed by atoms with Crippen LogP contribution in [0.3, 0.4) is 0 Å². The molecule has 2 aromatic carbocycles. The molecule has 1 atom stereocenters. The van der Waals surface area contributed by atoms with Crippen molar-refractivity contribution in [1.29, 1.82) is 0 Å². The second-order valence-corrected chi connectivity index (χ2v) is 4.99. The lowest BCUT2D eigenvalue weighted by molar-refractivity contribution is -0.125. The molecule has 5 heteroatoms. The first kappa shape index (κ1) is 14.4. The van der Waals surface area contributed by atoms with Gasteiger partial charge >= 0.3 is 0 Å². The molecule has 0 fully saturated rings. The van der Waals surface area contributed by atoms with Gasteiger partial charge in [0.15, 0.2) is 11.5 Å². The van der Waals surface area contributed by atoms with Crippen LogP contribution in [-0.2, 0) is 16.1 Å². The maximum atomic E-state index is 12.3. The van der Waals surface area contributed by atoms with E-state index < -0.39 is 6.10 Å². The summed E-state index contributed by atoms with van der Waals surface area (Å²) in [6.07, 6.45) is -0.666. The van der Waals surface area contributed by atoms with Crippen LogP contribution in [0.4, 0.5) is 5.69 Å². The molecule has 2 aromatic rings. The molecular formula is C17H17NO4. The molecule has 1 N–H and O–H groups in total. The largest absolute Gasteiger partial charge is 0.485 e. The number of carbonyl (C=O) groups excluding carboxylic acids is 1. The first-order chi connectivity index (χ1) is 10.8. The van der Waals surface area contributed by atoms with Gasteiger partial charge in [-0.2, -0.15) is 0 Å². The van der Waals surface area contributed by atoms with E-state index >= 15 is 0 Å². The molecule has 22 heavy (non-hydrogen) atoms. The van der Waals surface area contributed by atoms with Gasteiger partial charge in [0, 0.05) is 12.8 Å². The summed E-state index contributed by atoms with van der Waals surface area (Å²) in [4.78, 5) is 12.3. The van der Waals surface area contributed by atoms with Crippen LogP contribution in [0.1, 0.15) is 5.56 Å². The molecule has 0 bridgehead atoms. The van der Waals surface area contributed by atoms with Gasteiger partial charge in [-0.1, -0.05) is 24.3 Å². The van der Waals surface area contributed by atoms with Crippen LogP contribution in [-0.4, -0.2) is 25.7 Å². The number of hydrogen-bond acceptors (Lipinski definition) is 4. The molecular weight excluding hydrogens is 282 g/mol. The highest BCUT2D eigenvalue weighted by Crippen LogP contribution is 2.31. The topological polar surface area (TPSA) is 56.8 Å². The zero-order valence-electron chi connectivity index (χ0n) is 12.2. The molecule has 0 spiro atoms. The number of hydrogen-bond donors (Lipinski definition) is 1. The number of fused-ring (bicyclic) bond motifs is 1. The van der Waals surface area contributed by atoms with Gasteiger partial charge in [-0.3, -0.25) is 4.79 Å². The lowest BCUT2D eigenvalue weighted by Crippen LogP contribution is -2.40. The van der Waals surface area contributed by atoms with Crippen LogP contribution in [0.5, 0.6) is 11.5 Å². The summed E-state index contributed by atoms with van der Waals surface area (Å²) in [7, 11) is 1.63. The van der Waals surface area contributed by atoms with Gasteiger partial charge in [0.25, 0.3) is 5.91 Å². The van der Waals surface area contributed by atoms with E-state index in [0.29, 0.717) is 23.8 Å². The minimum absolute atomic E-state index is 0.195. The summed E-state index contributed by atoms with van der Waals surface area (Å²) < 4.78 is 16.3. The molecule has 114 valence electrons. The van der Waals surface area contributed by atoms with Crippen molar-refractivity contribution in [2.45, 2.75) is 12.7 Å². The standard InChI is InChI=1S/C17H17NO4/c1-20-10-12-5-4-6-13(9-12)18-17(19)16-11-21-14-7-2-3-8-15(14)22-16/h2-9,16H,10-11H2,1H3,(H,18,19)/t16-/m1/s1. The Morgan fingerprint density at radius 2 is 2.05 bits per heavy atom. The summed E-state index contributed by atoms with van der Waals surface area (Å²) in [6, 6.07) is 14.8. The molecule has 1 heterocycles. The molecule has 5 nitrogen and oxygen atoms in total. The van der Waals surface area contributed by atoms with E-state index in [1.54, 1.807) is 13.2 Å². The Kier molecular flexibility index (Phi) is 4.25. The van der Waals surface area contributed by atoms with Crippen molar-refractivity contribution in [2.75, 3.05) is 19.0 Å². The Hall–Kier alpha value is -2.53. The third-order valence-corrected chi connectivity index (χ3v) is 3.31. The van der Waals surface area contributed by atoms with Crippen LogP contribution < -0.4 is 14.8 Å². The average Bonchev–Trinajstić information content (AvgIpc) is 2.55. The van der Waals surface area contributed by atoms with Gasteiger partial charge in [0.1, 0.15) is 6.61 Å². The predicted molar refractivity (Wildman–Crippen MR) is 82.1 cm³/mol. The molecule has 3 rings (SSSR count). The summed E-state index contributed by atoms with van der Waals surface area (Å²) in [6.45, 7) is 0.695. The lowest BCUT2D eigenvalue weighted by Gasteiger charge is -2.25. The fourth-order valence-electron chi connectivity index (χ4n) is 2.28. The van der Waals surface area contributed by atoms with E-state index in [1.807, 2.05) is 42.5 Å². The highest BCUT2D eigenvalue weighted by atomic mass is 16.6. The molecule has 0 saturated heterocycles. The number of benzene rings is 2. The van der Waals surface area contributed by atoms with Gasteiger partial charge in [0.05, 0.1) is 6.61 Å². The quantitative estimate of drug-likeness (QED) is 0.943. The number of nitrogens with one attached hydrogen (secondary N) is 1. The highest BCUT2D eigenvalue weighted by Gasteiger charge is 2.27. The zero-order valence-corrected chi connectivity index (χ0v) is 12.2. The van der Waals surface area contributed by atoms with E-state index in [-0.39, 0.29) is 12.5 Å². The van der Waals surface area contributed by atoms with Gasteiger partial charge in [-0.25, -0.2) is 0 Å². The molecule has 1 aliphatic rings. The van der Waals surface area contributed by atoms with Crippen molar-refractivity contribution in [1.82, 2.24) is 0 Å². The Bertz CT molecular complexity index is 671. The third kappa shape index (κ3) is 3.20. The van der Waals surface area contributed by atoms with Crippen molar-refractivity contribution < 1.29 is 19.0 Å². The summed E-state index contributed by atoms with van der Waals surface area (Å²) in [5.74, 6) is 1.01. The van der Waals surface area contributed by atoms with Crippen molar-refractivity contribution in [3.8, 4) is 11.5 Å². The number of methoxy groups -OCH3 is 1. The Morgan fingerprint density at radius 3 is 2.86 bits per heavy atom. The van der Waals surface area contributed by atoms with Crippen LogP contribution in [0, 0.1) is 0 Å². The molecule has 0 unspecified atom stereocenters. The van der Waals surface area contributed by atoms with Gasteiger partial charge in [-0.05, 0) is 29.8 Å². The Balaban J connectivity index is 1.67. The number of rotatable bonds is 4. The number of para-hydroxylation sites is 2. The molecule has 0 saturated carbocycles.